The van der Waals surface area contributed by atoms with Crippen molar-refractivity contribution in [3.8, 4) is 6.07 Å². The Morgan fingerprint density at radius 2 is 1.78 bits per heavy atom. The molecule has 7 heteroatoms. The molecule has 2 amide bonds. The lowest BCUT2D eigenvalue weighted by Gasteiger charge is -2.23. The van der Waals surface area contributed by atoms with Crippen LogP contribution in [0.2, 0.25) is 0 Å². The molecule has 1 aromatic heterocycles. The molecule has 126 valence electrons. The highest BCUT2D eigenvalue weighted by Crippen LogP contribution is 2.25. The Labute approximate surface area is 136 Å². The molecule has 1 rings (SSSR count). The first kappa shape index (κ1) is 18.7. The Hall–Kier alpha value is -2.33. The van der Waals surface area contributed by atoms with Gasteiger partial charge in [0.2, 0.25) is 17.7 Å². The van der Waals surface area contributed by atoms with E-state index in [0.29, 0.717) is 16.9 Å². The van der Waals surface area contributed by atoms with Crippen LogP contribution in [0.15, 0.2) is 4.42 Å². The number of carbonyl (C=O) groups excluding carboxylic acids is 2. The third-order valence-corrected chi connectivity index (χ3v) is 3.09. The summed E-state index contributed by atoms with van der Waals surface area (Å²) in [6.45, 7) is 9.28. The number of rotatable bonds is 5. The van der Waals surface area contributed by atoms with E-state index in [-0.39, 0.29) is 36.3 Å². The first-order valence-electron chi connectivity index (χ1n) is 7.33. The largest absolute Gasteiger partial charge is 0.444 e. The van der Waals surface area contributed by atoms with Gasteiger partial charge >= 0.3 is 0 Å². The van der Waals surface area contributed by atoms with Gasteiger partial charge in [0.15, 0.2) is 0 Å². The number of nitrogens with zero attached hydrogens (tertiary/aromatic N) is 2. The second-order valence-electron chi connectivity index (χ2n) is 6.62. The van der Waals surface area contributed by atoms with Crippen molar-refractivity contribution in [2.75, 3.05) is 25.5 Å². The summed E-state index contributed by atoms with van der Waals surface area (Å²) >= 11 is 0. The molecular formula is C16H24N4O3. The van der Waals surface area contributed by atoms with Crippen molar-refractivity contribution in [3.63, 3.8) is 0 Å². The molecular weight excluding hydrogens is 296 g/mol. The van der Waals surface area contributed by atoms with Crippen LogP contribution in [0, 0.1) is 25.2 Å². The number of hydrogen-bond donors (Lipinski definition) is 2. The summed E-state index contributed by atoms with van der Waals surface area (Å²) in [4.78, 5) is 25.4. The van der Waals surface area contributed by atoms with Crippen LogP contribution in [-0.4, -0.2) is 42.4 Å². The van der Waals surface area contributed by atoms with Crippen molar-refractivity contribution in [1.29, 1.82) is 5.26 Å². The molecule has 0 aliphatic rings. The summed E-state index contributed by atoms with van der Waals surface area (Å²) in [6.07, 6.45) is 0. The Morgan fingerprint density at radius 3 is 2.30 bits per heavy atom. The van der Waals surface area contributed by atoms with Gasteiger partial charge in [-0.3, -0.25) is 19.8 Å². The predicted molar refractivity (Wildman–Crippen MR) is 86.9 cm³/mol. The first-order chi connectivity index (χ1) is 10.5. The molecule has 0 radical (unpaired) electrons. The zero-order valence-electron chi connectivity index (χ0n) is 14.5. The standard InChI is InChI=1S/C16H24N4O3/c1-10-11(2)23-15(12(10)7-17)18-13(21)8-20(6)9-14(22)19-16(3,4)5/h8-9H2,1-6H3,(H,18,21)(H,19,22). The van der Waals surface area contributed by atoms with E-state index in [1.807, 2.05) is 26.8 Å². The molecule has 0 atom stereocenters. The van der Waals surface area contributed by atoms with Crippen LogP contribution in [0.1, 0.15) is 37.7 Å². The van der Waals surface area contributed by atoms with E-state index in [1.165, 1.54) is 0 Å². The predicted octanol–water partition coefficient (Wildman–Crippen LogP) is 1.55. The van der Waals surface area contributed by atoms with Gasteiger partial charge in [-0.05, 0) is 41.7 Å². The van der Waals surface area contributed by atoms with E-state index in [0.717, 1.165) is 0 Å². The highest BCUT2D eigenvalue weighted by Gasteiger charge is 2.19. The SMILES string of the molecule is Cc1oc(NC(=O)CN(C)CC(=O)NC(C)(C)C)c(C#N)c1C. The van der Waals surface area contributed by atoms with Gasteiger partial charge in [-0.15, -0.1) is 0 Å². The normalized spacial score (nSPS) is 11.2. The number of carbonyl (C=O) groups is 2. The fourth-order valence-corrected chi connectivity index (χ4v) is 2.02. The molecule has 7 nitrogen and oxygen atoms in total. The van der Waals surface area contributed by atoms with Gasteiger partial charge in [0.05, 0.1) is 13.1 Å². The molecule has 0 aromatic carbocycles. The number of aryl methyl sites for hydroxylation is 1. The molecule has 0 spiro atoms. The van der Waals surface area contributed by atoms with Crippen LogP contribution in [0.4, 0.5) is 5.88 Å². The van der Waals surface area contributed by atoms with Crippen LogP contribution in [-0.2, 0) is 9.59 Å². The lowest BCUT2D eigenvalue weighted by atomic mass is 10.1. The fraction of sp³-hybridized carbons (Fsp3) is 0.562. The topological polar surface area (TPSA) is 98.4 Å². The number of nitrogens with one attached hydrogen (secondary N) is 2. The molecule has 1 aromatic rings. The maximum Gasteiger partial charge on any atom is 0.240 e. The minimum Gasteiger partial charge on any atom is -0.444 e. The number of hydrogen-bond acceptors (Lipinski definition) is 5. The summed E-state index contributed by atoms with van der Waals surface area (Å²) < 4.78 is 5.38. The first-order valence-corrected chi connectivity index (χ1v) is 7.33. The van der Waals surface area contributed by atoms with Gasteiger partial charge in [-0.25, -0.2) is 0 Å². The van der Waals surface area contributed by atoms with Crippen LogP contribution >= 0.6 is 0 Å². The maximum atomic E-state index is 12.0. The summed E-state index contributed by atoms with van der Waals surface area (Å²) in [7, 11) is 1.67. The summed E-state index contributed by atoms with van der Waals surface area (Å²) in [5.41, 5.74) is 0.718. The van der Waals surface area contributed by atoms with Crippen molar-refractivity contribution in [1.82, 2.24) is 10.2 Å². The second kappa shape index (κ2) is 7.29. The lowest BCUT2D eigenvalue weighted by molar-refractivity contribution is -0.124. The Bertz CT molecular complexity index is 635. The van der Waals surface area contributed by atoms with Crippen LogP contribution < -0.4 is 10.6 Å². The molecule has 0 saturated heterocycles. The summed E-state index contributed by atoms with van der Waals surface area (Å²) in [5, 5.41) is 14.5. The number of nitriles is 1. The Balaban J connectivity index is 2.59. The van der Waals surface area contributed by atoms with Crippen LogP contribution in [0.5, 0.6) is 0 Å². The average Bonchev–Trinajstić information content (AvgIpc) is 2.60. The fourth-order valence-electron chi connectivity index (χ4n) is 2.02. The smallest absolute Gasteiger partial charge is 0.240 e. The lowest BCUT2D eigenvalue weighted by Crippen LogP contribution is -2.46. The number of anilines is 1. The van der Waals surface area contributed by atoms with E-state index in [9.17, 15) is 9.59 Å². The molecule has 23 heavy (non-hydrogen) atoms. The molecule has 2 N–H and O–H groups in total. The van der Waals surface area contributed by atoms with E-state index in [1.54, 1.807) is 25.8 Å². The van der Waals surface area contributed by atoms with E-state index in [4.69, 9.17) is 9.68 Å². The minimum absolute atomic E-state index is 0.0151. The van der Waals surface area contributed by atoms with Crippen LogP contribution in [0.25, 0.3) is 0 Å². The van der Waals surface area contributed by atoms with E-state index < -0.39 is 0 Å². The third kappa shape index (κ3) is 5.75. The monoisotopic (exact) mass is 320 g/mol. The van der Waals surface area contributed by atoms with Gasteiger partial charge in [0.1, 0.15) is 17.4 Å². The highest BCUT2D eigenvalue weighted by molar-refractivity contribution is 5.92. The van der Waals surface area contributed by atoms with Crippen molar-refractivity contribution < 1.29 is 14.0 Å². The molecule has 0 aliphatic heterocycles. The zero-order chi connectivity index (χ0) is 17.8. The van der Waals surface area contributed by atoms with Gasteiger partial charge in [-0.1, -0.05) is 0 Å². The minimum atomic E-state index is -0.346. The quantitative estimate of drug-likeness (QED) is 0.858. The third-order valence-electron chi connectivity index (χ3n) is 3.09. The summed E-state index contributed by atoms with van der Waals surface area (Å²) in [6, 6.07) is 2.02. The Kier molecular flexibility index (Phi) is 5.93. The second-order valence-corrected chi connectivity index (χ2v) is 6.62. The van der Waals surface area contributed by atoms with Crippen molar-refractivity contribution >= 4 is 17.7 Å². The van der Waals surface area contributed by atoms with Crippen molar-refractivity contribution in [3.05, 3.63) is 16.9 Å². The van der Waals surface area contributed by atoms with Gasteiger partial charge < -0.3 is 9.73 Å². The number of furan rings is 1. The van der Waals surface area contributed by atoms with Gasteiger partial charge in [0.25, 0.3) is 0 Å². The maximum absolute atomic E-state index is 12.0. The molecule has 0 fully saturated rings. The van der Waals surface area contributed by atoms with Crippen LogP contribution in [0.3, 0.4) is 0 Å². The Morgan fingerprint density at radius 1 is 1.22 bits per heavy atom. The van der Waals surface area contributed by atoms with E-state index in [2.05, 4.69) is 10.6 Å². The number of likely N-dealkylation sites (N-methyl/N-ethyl adjacent to an activating group) is 1. The highest BCUT2D eigenvalue weighted by atomic mass is 16.4. The molecule has 0 unspecified atom stereocenters. The molecule has 0 saturated carbocycles. The van der Waals surface area contributed by atoms with Gasteiger partial charge in [0, 0.05) is 11.1 Å². The summed E-state index contributed by atoms with van der Waals surface area (Å²) in [5.74, 6) is 0.242. The number of amides is 2. The van der Waals surface area contributed by atoms with Gasteiger partial charge in [-0.2, -0.15) is 5.26 Å². The molecule has 0 aliphatic carbocycles. The zero-order valence-corrected chi connectivity index (χ0v) is 14.5. The molecule has 1 heterocycles. The van der Waals surface area contributed by atoms with Crippen molar-refractivity contribution in [2.45, 2.75) is 40.2 Å². The average molecular weight is 320 g/mol. The van der Waals surface area contributed by atoms with E-state index >= 15 is 0 Å². The molecule has 0 bridgehead atoms. The van der Waals surface area contributed by atoms with Crippen molar-refractivity contribution in [2.24, 2.45) is 0 Å².